The lowest BCUT2D eigenvalue weighted by Crippen LogP contribution is -2.57. The minimum Gasteiger partial charge on any atom is -0.481 e. The van der Waals surface area contributed by atoms with E-state index in [0.29, 0.717) is 63.2 Å². The lowest BCUT2D eigenvalue weighted by Gasteiger charge is -2.41. The van der Waals surface area contributed by atoms with E-state index in [9.17, 15) is 35.9 Å². The zero-order chi connectivity index (χ0) is 29.8. The summed E-state index contributed by atoms with van der Waals surface area (Å²) < 4.78 is 79.3. The Morgan fingerprint density at radius 2 is 1.59 bits per heavy atom. The number of halogens is 6. The summed E-state index contributed by atoms with van der Waals surface area (Å²) in [5, 5.41) is 11.5. The average molecular weight is 588 g/mol. The molecule has 41 heavy (non-hydrogen) atoms. The highest BCUT2D eigenvalue weighted by Gasteiger charge is 2.40. The fourth-order valence-electron chi connectivity index (χ4n) is 5.09. The van der Waals surface area contributed by atoms with Gasteiger partial charge >= 0.3 is 18.3 Å². The smallest absolute Gasteiger partial charge is 0.451 e. The molecule has 1 aromatic carbocycles. The predicted octanol–water partition coefficient (Wildman–Crippen LogP) is 4.92. The molecule has 224 valence electrons. The molecule has 8 nitrogen and oxygen atoms in total. The maximum Gasteiger partial charge on any atom is 0.451 e. The van der Waals surface area contributed by atoms with E-state index in [0.717, 1.165) is 18.6 Å². The molecule has 0 radical (unpaired) electrons. The Morgan fingerprint density at radius 1 is 0.927 bits per heavy atom. The van der Waals surface area contributed by atoms with Crippen LogP contribution in [0.1, 0.15) is 55.5 Å². The van der Waals surface area contributed by atoms with Crippen LogP contribution in [0.15, 0.2) is 30.3 Å². The molecule has 0 spiro atoms. The van der Waals surface area contributed by atoms with Gasteiger partial charge in [0, 0.05) is 38.7 Å². The van der Waals surface area contributed by atoms with Crippen molar-refractivity contribution in [3.8, 4) is 0 Å². The first-order valence-corrected chi connectivity index (χ1v) is 13.4. The van der Waals surface area contributed by atoms with Crippen molar-refractivity contribution in [2.75, 3.05) is 36.0 Å². The number of rotatable bonds is 10. The summed E-state index contributed by atoms with van der Waals surface area (Å²) in [4.78, 5) is 34.3. The molecular weight excluding hydrogens is 556 g/mol. The number of nitrogens with zero attached hydrogens (tertiary/aromatic N) is 4. The number of anilines is 2. The van der Waals surface area contributed by atoms with Gasteiger partial charge in [-0.3, -0.25) is 9.59 Å². The number of carbonyl (C=O) groups is 2. The SMILES string of the molecule is O=C(O)CCCC1CCN(c2cc(N3CCC3C(=O)NCCc3ccc(C(F)(F)F)cc3)nc(C(F)(F)F)n2)CC1. The molecule has 1 unspecified atom stereocenters. The van der Waals surface area contributed by atoms with Crippen molar-refractivity contribution in [1.82, 2.24) is 15.3 Å². The quantitative estimate of drug-likeness (QED) is 0.381. The van der Waals surface area contributed by atoms with Crippen molar-refractivity contribution >= 4 is 23.5 Å². The second-order valence-electron chi connectivity index (χ2n) is 10.4. The van der Waals surface area contributed by atoms with Crippen molar-refractivity contribution < 1.29 is 41.0 Å². The Balaban J connectivity index is 1.37. The van der Waals surface area contributed by atoms with Crippen molar-refractivity contribution in [3.05, 3.63) is 47.3 Å². The predicted molar refractivity (Wildman–Crippen MR) is 137 cm³/mol. The summed E-state index contributed by atoms with van der Waals surface area (Å²) in [5.41, 5.74) is -0.164. The van der Waals surface area contributed by atoms with Crippen LogP contribution in [0.2, 0.25) is 0 Å². The fraction of sp³-hybridized carbons (Fsp3) is 0.556. The van der Waals surface area contributed by atoms with Gasteiger partial charge in [0.05, 0.1) is 5.56 Å². The number of piperidine rings is 1. The van der Waals surface area contributed by atoms with E-state index in [1.54, 1.807) is 4.90 Å². The van der Waals surface area contributed by atoms with Crippen molar-refractivity contribution in [2.24, 2.45) is 5.92 Å². The monoisotopic (exact) mass is 587 g/mol. The third-order valence-electron chi connectivity index (χ3n) is 7.50. The zero-order valence-corrected chi connectivity index (χ0v) is 22.1. The third-order valence-corrected chi connectivity index (χ3v) is 7.50. The maximum absolute atomic E-state index is 13.7. The van der Waals surface area contributed by atoms with Crippen LogP contribution in [0.3, 0.4) is 0 Å². The molecule has 1 atom stereocenters. The molecule has 2 aromatic rings. The Labute approximate surface area is 232 Å². The van der Waals surface area contributed by atoms with Gasteiger partial charge in [0.1, 0.15) is 17.7 Å². The van der Waals surface area contributed by atoms with Crippen LogP contribution in [0.5, 0.6) is 0 Å². The summed E-state index contributed by atoms with van der Waals surface area (Å²) in [6.07, 6.45) is -5.73. The first kappa shape index (κ1) is 30.4. The van der Waals surface area contributed by atoms with Gasteiger partial charge < -0.3 is 20.2 Å². The Bertz CT molecular complexity index is 1210. The number of hydrogen-bond acceptors (Lipinski definition) is 6. The number of carboxylic acid groups (broad SMARTS) is 1. The first-order valence-electron chi connectivity index (χ1n) is 13.4. The van der Waals surface area contributed by atoms with Gasteiger partial charge in [0.25, 0.3) is 0 Å². The van der Waals surface area contributed by atoms with E-state index in [4.69, 9.17) is 5.11 Å². The van der Waals surface area contributed by atoms with Crippen LogP contribution in [-0.4, -0.2) is 59.2 Å². The number of hydrogen-bond donors (Lipinski definition) is 2. The van der Waals surface area contributed by atoms with E-state index in [1.807, 2.05) is 0 Å². The van der Waals surface area contributed by atoms with Gasteiger partial charge in [-0.15, -0.1) is 0 Å². The van der Waals surface area contributed by atoms with Gasteiger partial charge in [0.2, 0.25) is 11.7 Å². The molecule has 0 saturated carbocycles. The highest BCUT2D eigenvalue weighted by Crippen LogP contribution is 2.35. The standard InChI is InChI=1S/C27H31F6N5O3/c28-26(29,30)19-6-4-18(5-7-19)8-12-34-24(41)20-11-15-38(20)22-16-21(35-25(36-22)27(31,32)33)37-13-9-17(10-14-37)2-1-3-23(39)40/h4-7,16-17,20H,1-3,8-15H2,(H,34,41)(H,39,40). The largest absolute Gasteiger partial charge is 0.481 e. The van der Waals surface area contributed by atoms with E-state index in [1.165, 1.54) is 23.1 Å². The molecule has 14 heteroatoms. The van der Waals surface area contributed by atoms with Crippen LogP contribution in [0.4, 0.5) is 38.0 Å². The van der Waals surface area contributed by atoms with Crippen LogP contribution >= 0.6 is 0 Å². The normalized spacial score (nSPS) is 18.2. The first-order chi connectivity index (χ1) is 19.3. The molecule has 2 saturated heterocycles. The molecule has 4 rings (SSSR count). The number of benzene rings is 1. The Hall–Kier alpha value is -3.58. The topological polar surface area (TPSA) is 98.7 Å². The molecule has 3 heterocycles. The summed E-state index contributed by atoms with van der Waals surface area (Å²) in [6.45, 7) is 1.42. The minimum absolute atomic E-state index is 0.0000427. The van der Waals surface area contributed by atoms with E-state index in [-0.39, 0.29) is 24.6 Å². The number of aromatic nitrogens is 2. The molecule has 2 aliphatic rings. The van der Waals surface area contributed by atoms with Gasteiger partial charge in [0.15, 0.2) is 0 Å². The molecule has 1 aromatic heterocycles. The average Bonchev–Trinajstić information content (AvgIpc) is 2.87. The molecule has 2 N–H and O–H groups in total. The second kappa shape index (κ2) is 12.5. The van der Waals surface area contributed by atoms with Crippen molar-refractivity contribution in [3.63, 3.8) is 0 Å². The molecule has 1 amide bonds. The molecule has 0 bridgehead atoms. The zero-order valence-electron chi connectivity index (χ0n) is 22.1. The Morgan fingerprint density at radius 3 is 2.15 bits per heavy atom. The van der Waals surface area contributed by atoms with Crippen molar-refractivity contribution in [1.29, 1.82) is 0 Å². The van der Waals surface area contributed by atoms with Gasteiger partial charge in [-0.05, 0) is 62.1 Å². The third kappa shape index (κ3) is 8.00. The summed E-state index contributed by atoms with van der Waals surface area (Å²) >= 11 is 0. The fourth-order valence-corrected chi connectivity index (χ4v) is 5.09. The molecule has 0 aliphatic carbocycles. The van der Waals surface area contributed by atoms with Crippen molar-refractivity contribution in [2.45, 2.75) is 63.3 Å². The number of amides is 1. The second-order valence-corrected chi connectivity index (χ2v) is 10.4. The minimum atomic E-state index is -4.79. The lowest BCUT2D eigenvalue weighted by atomic mass is 9.91. The van der Waals surface area contributed by atoms with Crippen LogP contribution in [-0.2, 0) is 28.4 Å². The summed E-state index contributed by atoms with van der Waals surface area (Å²) in [6, 6.07) is 5.35. The number of alkyl halides is 6. The number of carbonyl (C=O) groups excluding carboxylic acids is 1. The lowest BCUT2D eigenvalue weighted by molar-refractivity contribution is -0.145. The Kier molecular flexibility index (Phi) is 9.27. The summed E-state index contributed by atoms with van der Waals surface area (Å²) in [7, 11) is 0. The van der Waals surface area contributed by atoms with E-state index in [2.05, 4.69) is 15.3 Å². The highest BCUT2D eigenvalue weighted by atomic mass is 19.4. The highest BCUT2D eigenvalue weighted by molar-refractivity contribution is 5.86. The van der Waals surface area contributed by atoms with Crippen LogP contribution < -0.4 is 15.1 Å². The van der Waals surface area contributed by atoms with Gasteiger partial charge in [-0.25, -0.2) is 9.97 Å². The van der Waals surface area contributed by atoms with Gasteiger partial charge in [-0.1, -0.05) is 12.1 Å². The number of nitrogens with one attached hydrogen (secondary N) is 1. The number of carboxylic acids is 1. The number of aliphatic carboxylic acids is 1. The van der Waals surface area contributed by atoms with Gasteiger partial charge in [-0.2, -0.15) is 26.3 Å². The molecule has 2 aliphatic heterocycles. The van der Waals surface area contributed by atoms with E-state index < -0.39 is 41.7 Å². The van der Waals surface area contributed by atoms with Crippen LogP contribution in [0.25, 0.3) is 0 Å². The molecule has 2 fully saturated rings. The maximum atomic E-state index is 13.7. The van der Waals surface area contributed by atoms with E-state index >= 15 is 0 Å². The molecular formula is C27H31F6N5O3. The summed E-state index contributed by atoms with van der Waals surface area (Å²) in [5.74, 6) is -2.13. The van der Waals surface area contributed by atoms with Crippen LogP contribution in [0, 0.1) is 5.92 Å².